The van der Waals surface area contributed by atoms with Crippen molar-refractivity contribution in [3.63, 3.8) is 0 Å². The Morgan fingerprint density at radius 2 is 1.91 bits per heavy atom. The van der Waals surface area contributed by atoms with Crippen molar-refractivity contribution in [3.8, 4) is 0 Å². The fraction of sp³-hybridized carbons (Fsp3) is 0. The monoisotopic (exact) mass is 176 g/mol. The van der Waals surface area contributed by atoms with Gasteiger partial charge in [0.05, 0.1) is 5.97 Å². The van der Waals surface area contributed by atoms with E-state index >= 15 is 0 Å². The fourth-order valence-corrected chi connectivity index (χ4v) is 0.898. The minimum atomic E-state index is -1.19. The average Bonchev–Trinajstić information content (AvgIpc) is 1.88. The molecule has 2 nitrogen and oxygen atoms in total. The first-order valence-corrected chi connectivity index (χ1v) is 3.16. The summed E-state index contributed by atoms with van der Waals surface area (Å²) in [5.74, 6) is -1.19. The normalized spacial score (nSPS) is 8.45. The topological polar surface area (TPSA) is 40.1 Å². The van der Waals surface area contributed by atoms with E-state index in [2.05, 4.69) is 12.6 Å². The zero-order valence-corrected chi connectivity index (χ0v) is 8.97. The van der Waals surface area contributed by atoms with Crippen LogP contribution >= 0.6 is 12.6 Å². The Kier molecular flexibility index (Phi) is 4.84. The molecule has 0 fully saturated rings. The SMILES string of the molecule is O=C([O-])c1ccccc1S.[Na+]. The number of carbonyl (C=O) groups is 1. The Morgan fingerprint density at radius 1 is 1.36 bits per heavy atom. The predicted octanol–water partition coefficient (Wildman–Crippen LogP) is -2.66. The van der Waals surface area contributed by atoms with E-state index in [0.717, 1.165) is 0 Å². The van der Waals surface area contributed by atoms with Gasteiger partial charge in [0.1, 0.15) is 0 Å². The summed E-state index contributed by atoms with van der Waals surface area (Å²) in [6.07, 6.45) is 0. The fourth-order valence-electron chi connectivity index (χ4n) is 0.646. The van der Waals surface area contributed by atoms with Crippen molar-refractivity contribution in [1.29, 1.82) is 0 Å². The number of aromatic carboxylic acids is 1. The van der Waals surface area contributed by atoms with Crippen molar-refractivity contribution in [3.05, 3.63) is 29.8 Å². The molecule has 1 rings (SSSR count). The zero-order chi connectivity index (χ0) is 7.56. The number of hydrogen-bond donors (Lipinski definition) is 1. The molecule has 11 heavy (non-hydrogen) atoms. The van der Waals surface area contributed by atoms with E-state index in [9.17, 15) is 9.90 Å². The zero-order valence-electron chi connectivity index (χ0n) is 6.07. The van der Waals surface area contributed by atoms with Crippen molar-refractivity contribution >= 4 is 18.6 Å². The van der Waals surface area contributed by atoms with Gasteiger partial charge in [0.2, 0.25) is 0 Å². The summed E-state index contributed by atoms with van der Waals surface area (Å²) >= 11 is 3.92. The standard InChI is InChI=1S/C7H6O2S.Na/c8-7(9)5-3-1-2-4-6(5)10;/h1-4,10H,(H,8,9);/q;+1/p-1. The largest absolute Gasteiger partial charge is 1.00 e. The Labute approximate surface area is 92.3 Å². The predicted molar refractivity (Wildman–Crippen MR) is 38.0 cm³/mol. The number of benzene rings is 1. The van der Waals surface area contributed by atoms with Crippen molar-refractivity contribution in [2.24, 2.45) is 0 Å². The first-order chi connectivity index (χ1) is 4.72. The molecule has 1 aromatic carbocycles. The first-order valence-electron chi connectivity index (χ1n) is 2.71. The van der Waals surface area contributed by atoms with Crippen LogP contribution in [0.1, 0.15) is 10.4 Å². The van der Waals surface area contributed by atoms with E-state index in [1.807, 2.05) is 0 Å². The van der Waals surface area contributed by atoms with Gasteiger partial charge in [-0.2, -0.15) is 0 Å². The maximum absolute atomic E-state index is 10.3. The molecule has 0 amide bonds. The van der Waals surface area contributed by atoms with Gasteiger partial charge in [-0.15, -0.1) is 12.6 Å². The van der Waals surface area contributed by atoms with Crippen LogP contribution < -0.4 is 34.7 Å². The Balaban J connectivity index is 0.000001000. The molecule has 0 saturated heterocycles. The molecule has 1 aromatic rings. The van der Waals surface area contributed by atoms with Crippen LogP contribution in [0.25, 0.3) is 0 Å². The summed E-state index contributed by atoms with van der Waals surface area (Å²) < 4.78 is 0. The van der Waals surface area contributed by atoms with Gasteiger partial charge in [-0.05, 0) is 6.07 Å². The average molecular weight is 176 g/mol. The smallest absolute Gasteiger partial charge is 0.545 e. The second kappa shape index (κ2) is 4.83. The molecule has 0 N–H and O–H groups in total. The molecule has 0 aliphatic rings. The molecule has 0 saturated carbocycles. The molecule has 0 aliphatic heterocycles. The molecule has 0 aliphatic carbocycles. The van der Waals surface area contributed by atoms with Gasteiger partial charge in [-0.25, -0.2) is 0 Å². The molecule has 0 atom stereocenters. The quantitative estimate of drug-likeness (QED) is 0.375. The third-order valence-corrected chi connectivity index (χ3v) is 1.51. The third kappa shape index (κ3) is 2.87. The molecule has 0 spiro atoms. The number of thiol groups is 1. The Morgan fingerprint density at radius 3 is 2.27 bits per heavy atom. The van der Waals surface area contributed by atoms with Crippen LogP contribution in [-0.2, 0) is 0 Å². The molecule has 0 bridgehead atoms. The van der Waals surface area contributed by atoms with Crippen molar-refractivity contribution in [2.45, 2.75) is 4.90 Å². The van der Waals surface area contributed by atoms with Crippen LogP contribution in [0.4, 0.5) is 0 Å². The van der Waals surface area contributed by atoms with E-state index in [4.69, 9.17) is 0 Å². The van der Waals surface area contributed by atoms with Crippen LogP contribution in [0.15, 0.2) is 29.2 Å². The van der Waals surface area contributed by atoms with Crippen molar-refractivity contribution < 1.29 is 39.5 Å². The van der Waals surface area contributed by atoms with E-state index in [1.54, 1.807) is 18.2 Å². The Hall–Kier alpha value is 0.0400. The van der Waals surface area contributed by atoms with Gasteiger partial charge >= 0.3 is 29.6 Å². The van der Waals surface area contributed by atoms with Crippen LogP contribution in [0.3, 0.4) is 0 Å². The summed E-state index contributed by atoms with van der Waals surface area (Å²) in [7, 11) is 0. The molecule has 4 heteroatoms. The van der Waals surface area contributed by atoms with E-state index in [0.29, 0.717) is 4.90 Å². The Bertz CT molecular complexity index is 262. The van der Waals surface area contributed by atoms with Gasteiger partial charge in [0, 0.05) is 10.5 Å². The molecule has 52 valence electrons. The van der Waals surface area contributed by atoms with Crippen molar-refractivity contribution in [2.75, 3.05) is 0 Å². The minimum absolute atomic E-state index is 0. The molecule has 0 unspecified atom stereocenters. The molecular formula is C7H5NaO2S. The molecule has 0 aromatic heterocycles. The second-order valence-electron chi connectivity index (χ2n) is 1.80. The summed E-state index contributed by atoms with van der Waals surface area (Å²) in [6, 6.07) is 6.41. The van der Waals surface area contributed by atoms with Gasteiger partial charge in [-0.3, -0.25) is 0 Å². The number of carboxylic acid groups (broad SMARTS) is 1. The molecule has 0 radical (unpaired) electrons. The van der Waals surface area contributed by atoms with Crippen LogP contribution in [0.2, 0.25) is 0 Å². The number of carboxylic acids is 1. The van der Waals surface area contributed by atoms with Crippen molar-refractivity contribution in [1.82, 2.24) is 0 Å². The summed E-state index contributed by atoms with van der Waals surface area (Å²) in [4.78, 5) is 10.7. The van der Waals surface area contributed by atoms with Gasteiger partial charge in [-0.1, -0.05) is 18.2 Å². The van der Waals surface area contributed by atoms with E-state index < -0.39 is 5.97 Å². The van der Waals surface area contributed by atoms with Gasteiger partial charge in [0.25, 0.3) is 0 Å². The van der Waals surface area contributed by atoms with Gasteiger partial charge < -0.3 is 9.90 Å². The van der Waals surface area contributed by atoms with E-state index in [-0.39, 0.29) is 35.1 Å². The third-order valence-electron chi connectivity index (χ3n) is 1.12. The number of carbonyl (C=O) groups excluding carboxylic acids is 1. The molecule has 0 heterocycles. The summed E-state index contributed by atoms with van der Waals surface area (Å²) in [5.41, 5.74) is 0.130. The minimum Gasteiger partial charge on any atom is -0.545 e. The number of rotatable bonds is 1. The molecular weight excluding hydrogens is 171 g/mol. The number of hydrogen-bond acceptors (Lipinski definition) is 3. The summed E-state index contributed by atoms with van der Waals surface area (Å²) in [5, 5.41) is 10.3. The van der Waals surface area contributed by atoms with Crippen LogP contribution in [0, 0.1) is 0 Å². The van der Waals surface area contributed by atoms with Crippen LogP contribution in [0.5, 0.6) is 0 Å². The summed E-state index contributed by atoms with van der Waals surface area (Å²) in [6.45, 7) is 0. The maximum atomic E-state index is 10.3. The second-order valence-corrected chi connectivity index (χ2v) is 2.29. The van der Waals surface area contributed by atoms with E-state index in [1.165, 1.54) is 6.07 Å². The van der Waals surface area contributed by atoms with Crippen LogP contribution in [-0.4, -0.2) is 5.97 Å². The van der Waals surface area contributed by atoms with Gasteiger partial charge in [0.15, 0.2) is 0 Å². The first kappa shape index (κ1) is 11.0. The maximum Gasteiger partial charge on any atom is 1.00 e.